The molecule has 1 saturated heterocycles. The van der Waals surface area contributed by atoms with Gasteiger partial charge in [0.15, 0.2) is 0 Å². The Balaban J connectivity index is 1.29. The first-order valence-electron chi connectivity index (χ1n) is 27.6. The number of nitrogens with two attached hydrogens (primary N) is 1. The van der Waals surface area contributed by atoms with Crippen molar-refractivity contribution >= 4 is 80.3 Å². The number of anilines is 1. The second-order valence-corrected chi connectivity index (χ2v) is 23.5. The third kappa shape index (κ3) is 21.4. The van der Waals surface area contributed by atoms with Crippen molar-refractivity contribution in [2.75, 3.05) is 78.7 Å². The van der Waals surface area contributed by atoms with E-state index >= 15 is 0 Å². The Labute approximate surface area is 483 Å². The van der Waals surface area contributed by atoms with Gasteiger partial charge < -0.3 is 56.5 Å². The number of benzene rings is 1. The first kappa shape index (κ1) is 68.1. The summed E-state index contributed by atoms with van der Waals surface area (Å²) in [4.78, 5) is 124. The molecule has 9 N–H and O–H groups in total. The molecule has 0 spiro atoms. The van der Waals surface area contributed by atoms with Gasteiger partial charge in [-0.25, -0.2) is 22.9 Å². The number of aliphatic hydroxyl groups is 1. The lowest BCUT2D eigenvalue weighted by Crippen LogP contribution is -2.58. The fourth-order valence-electron chi connectivity index (χ4n) is 9.00. The first-order valence-corrected chi connectivity index (χ1v) is 30.0. The number of nitrogens with one attached hydrogen (secondary N) is 6. The van der Waals surface area contributed by atoms with E-state index in [0.29, 0.717) is 12.8 Å². The van der Waals surface area contributed by atoms with E-state index in [1.807, 2.05) is 44.4 Å². The molecule has 2 aliphatic rings. The lowest BCUT2D eigenvalue weighted by atomic mass is 9.92. The summed E-state index contributed by atoms with van der Waals surface area (Å²) < 4.78 is 45.2. The number of aromatic nitrogens is 1. The number of rotatable bonds is 35. The minimum atomic E-state index is -4.51. The number of imide groups is 1. The number of likely N-dealkylation sites (N-methyl/N-ethyl adjacent to an activating group) is 2. The highest BCUT2D eigenvalue weighted by Gasteiger charge is 2.37. The molecule has 456 valence electrons. The van der Waals surface area contributed by atoms with Gasteiger partial charge in [-0.2, -0.15) is 0 Å². The smallest absolute Gasteiger partial charge is 0.312 e. The predicted molar refractivity (Wildman–Crippen MR) is 303 cm³/mol. The molecule has 0 unspecified atom stereocenters. The third-order valence-electron chi connectivity index (χ3n) is 14.1. The van der Waals surface area contributed by atoms with Crippen LogP contribution >= 0.6 is 11.3 Å². The second kappa shape index (κ2) is 33.6. The lowest BCUT2D eigenvalue weighted by Gasteiger charge is -2.38. The van der Waals surface area contributed by atoms with Gasteiger partial charge in [0.2, 0.25) is 29.5 Å². The molecule has 1 aromatic carbocycles. The maximum absolute atomic E-state index is 14.1. The van der Waals surface area contributed by atoms with Gasteiger partial charge in [-0.05, 0) is 81.3 Å². The van der Waals surface area contributed by atoms with Crippen molar-refractivity contribution in [3.63, 3.8) is 0 Å². The Kier molecular flexibility index (Phi) is 27.9. The van der Waals surface area contributed by atoms with E-state index in [0.717, 1.165) is 47.8 Å². The second-order valence-electron chi connectivity index (χ2n) is 20.9. The Morgan fingerprint density at radius 1 is 0.854 bits per heavy atom. The van der Waals surface area contributed by atoms with Crippen molar-refractivity contribution in [3.8, 4) is 0 Å². The maximum atomic E-state index is 14.1. The molecule has 7 atom stereocenters. The van der Waals surface area contributed by atoms with Crippen LogP contribution in [0.4, 0.5) is 10.5 Å². The monoisotopic (exact) mass is 1190 g/mol. The molecule has 2 aromatic rings. The molecule has 0 radical (unpaired) electrons. The van der Waals surface area contributed by atoms with E-state index in [-0.39, 0.29) is 141 Å². The molecule has 1 fully saturated rings. The molecule has 26 nitrogen and oxygen atoms in total. The molecule has 4 rings (SSSR count). The molecule has 2 aliphatic heterocycles. The third-order valence-corrected chi connectivity index (χ3v) is 16.4. The molecule has 10 amide bonds. The normalized spacial score (nSPS) is 16.9. The van der Waals surface area contributed by atoms with Crippen molar-refractivity contribution in [1.29, 1.82) is 0 Å². The fourth-order valence-corrected chi connectivity index (χ4v) is 10.8. The number of ether oxygens (including phenoxy) is 3. The number of urea groups is 1. The van der Waals surface area contributed by atoms with Crippen LogP contribution in [0.1, 0.15) is 115 Å². The molecular weight excluding hydrogens is 1110 g/mol. The van der Waals surface area contributed by atoms with Crippen LogP contribution in [0.25, 0.3) is 0 Å². The molecule has 0 bridgehead atoms. The van der Waals surface area contributed by atoms with E-state index < -0.39 is 75.9 Å². The number of nitrogens with zero attached hydrogens (tertiary/aromatic N) is 4. The summed E-state index contributed by atoms with van der Waals surface area (Å²) in [5.74, 6) is -4.96. The number of hydrogen-bond donors (Lipinski definition) is 8. The van der Waals surface area contributed by atoms with Gasteiger partial charge in [0.25, 0.3) is 27.7 Å². The van der Waals surface area contributed by atoms with Gasteiger partial charge in [0.1, 0.15) is 34.9 Å². The van der Waals surface area contributed by atoms with Crippen molar-refractivity contribution < 1.29 is 70.9 Å². The summed E-state index contributed by atoms with van der Waals surface area (Å²) in [5.41, 5.74) is 5.04. The zero-order chi connectivity index (χ0) is 60.7. The van der Waals surface area contributed by atoms with Crippen molar-refractivity contribution in [2.24, 2.45) is 23.5 Å². The van der Waals surface area contributed by atoms with Crippen molar-refractivity contribution in [1.82, 2.24) is 45.7 Å². The highest BCUT2D eigenvalue weighted by molar-refractivity contribution is 7.90. The van der Waals surface area contributed by atoms with Crippen LogP contribution < -0.4 is 37.0 Å². The van der Waals surface area contributed by atoms with Crippen LogP contribution in [0.15, 0.2) is 46.7 Å². The van der Waals surface area contributed by atoms with Crippen molar-refractivity contribution in [3.05, 3.63) is 52.5 Å². The average molecular weight is 1190 g/mol. The van der Waals surface area contributed by atoms with Crippen LogP contribution in [0.5, 0.6) is 0 Å². The number of aliphatic hydroxyl groups excluding tert-OH is 1. The SMILES string of the molecule is CC[C@@H](C)[C@H](NC(=O)[C@H]1CCCCN1C)C(=O)N(C)[C@H](C[C@@H](O)c1nc(C(=O)NS(=O)(=O)c2ccc(NC(=O)[C@@H](CCCNC(N)=O)NC(=O)[C@H](NC(=O)CCOCCOCCOCCN3C(=O)C=CC3=O)C(C)C)cc2)cs1)C(C)C. The number of carbonyl (C=O) groups is 9. The lowest BCUT2D eigenvalue weighted by molar-refractivity contribution is -0.141. The average Bonchev–Trinajstić information content (AvgIpc) is 4.13. The van der Waals surface area contributed by atoms with Gasteiger partial charge in [-0.1, -0.05) is 54.4 Å². The largest absolute Gasteiger partial charge is 0.386 e. The van der Waals surface area contributed by atoms with E-state index in [1.165, 1.54) is 29.7 Å². The number of carbonyl (C=O) groups excluding carboxylic acids is 9. The van der Waals surface area contributed by atoms with Gasteiger partial charge >= 0.3 is 6.03 Å². The summed E-state index contributed by atoms with van der Waals surface area (Å²) in [6.07, 6.45) is 4.56. The topological polar surface area (TPSA) is 356 Å². The van der Waals surface area contributed by atoms with E-state index in [1.54, 1.807) is 25.8 Å². The number of piperidine rings is 1. The molecule has 0 saturated carbocycles. The standard InChI is InChI=1S/C54H83N11O15S2/c1-9-35(6)47(61-50(72)40-14-10-11-23-63(40)7)53(74)64(8)41(33(2)3)31-42(66)52-59-39(32-81-52)49(71)62-82(76,77)37-17-15-36(16-18-37)57-48(70)38(13-12-22-56-54(55)75)58-51(73)46(34(4)5)60-43(67)21-25-78-27-29-80-30-28-79-26-24-65-44(68)19-20-45(65)69/h15-20,32-35,38,40-42,46-47,66H,9-14,21-31H2,1-8H3,(H,57,70)(H,58,73)(H,60,67)(H,61,72)(H,62,71)(H3,55,56,75)/t35-,38-,40-,41-,42-,46-,47+/m1/s1. The number of amides is 10. The van der Waals surface area contributed by atoms with E-state index in [4.69, 9.17) is 19.9 Å². The Hall–Kier alpha value is -6.43. The van der Waals surface area contributed by atoms with Crippen LogP contribution in [0.2, 0.25) is 0 Å². The van der Waals surface area contributed by atoms with Gasteiger partial charge in [-0.15, -0.1) is 11.3 Å². The van der Waals surface area contributed by atoms with Crippen LogP contribution in [-0.2, 0) is 57.8 Å². The van der Waals surface area contributed by atoms with Crippen LogP contribution in [0, 0.1) is 17.8 Å². The molecule has 3 heterocycles. The predicted octanol–water partition coefficient (Wildman–Crippen LogP) is 1.56. The zero-order valence-electron chi connectivity index (χ0n) is 48.1. The number of primary amides is 1. The Bertz CT molecular complexity index is 2620. The number of thiazole rings is 1. The molecule has 1 aromatic heterocycles. The highest BCUT2D eigenvalue weighted by Crippen LogP contribution is 2.29. The molecule has 0 aliphatic carbocycles. The maximum Gasteiger partial charge on any atom is 0.312 e. The van der Waals surface area contributed by atoms with Crippen molar-refractivity contribution in [2.45, 2.75) is 134 Å². The summed E-state index contributed by atoms with van der Waals surface area (Å²) in [6.45, 7) is 13.1. The quantitative estimate of drug-likeness (QED) is 0.0359. The zero-order valence-corrected chi connectivity index (χ0v) is 49.7. The van der Waals surface area contributed by atoms with E-state index in [9.17, 15) is 56.7 Å². The van der Waals surface area contributed by atoms with Gasteiger partial charge in [0.05, 0.1) is 57.1 Å². The molecule has 82 heavy (non-hydrogen) atoms. The fraction of sp³-hybridized carbons (Fsp3) is 0.630. The number of sulfonamides is 1. The van der Waals surface area contributed by atoms with Crippen LogP contribution in [0.3, 0.4) is 0 Å². The summed E-state index contributed by atoms with van der Waals surface area (Å²) in [7, 11) is -0.972. The minimum Gasteiger partial charge on any atom is -0.386 e. The first-order chi connectivity index (χ1) is 38.8. The van der Waals surface area contributed by atoms with Crippen LogP contribution in [-0.4, -0.2) is 190 Å². The van der Waals surface area contributed by atoms with Gasteiger partial charge in [-0.3, -0.25) is 48.2 Å². The number of likely N-dealkylation sites (tertiary alicyclic amines) is 1. The number of hydrogen-bond acceptors (Lipinski definition) is 18. The Morgan fingerprint density at radius 2 is 1.49 bits per heavy atom. The molecule has 28 heteroatoms. The highest BCUT2D eigenvalue weighted by atomic mass is 32.2. The Morgan fingerprint density at radius 3 is 2.09 bits per heavy atom. The summed E-state index contributed by atoms with van der Waals surface area (Å²) in [6, 6.07) is 0.127. The minimum absolute atomic E-state index is 0.0121. The summed E-state index contributed by atoms with van der Waals surface area (Å²) >= 11 is 0.942. The summed E-state index contributed by atoms with van der Waals surface area (Å²) in [5, 5.41) is 26.3. The van der Waals surface area contributed by atoms with E-state index in [2.05, 4.69) is 31.6 Å². The molecular formula is C54H83N11O15S2. The van der Waals surface area contributed by atoms with Gasteiger partial charge in [0, 0.05) is 55.7 Å².